The molecule has 1 rings (SSSR count). The molecule has 1 aromatic heterocycles. The molecule has 78 valence electrons. The zero-order chi connectivity index (χ0) is 10.6. The van der Waals surface area contributed by atoms with Crippen molar-refractivity contribution in [3.63, 3.8) is 0 Å². The maximum absolute atomic E-state index is 11.4. The number of thiophene rings is 1. The molecule has 0 aliphatic heterocycles. The summed E-state index contributed by atoms with van der Waals surface area (Å²) >= 11 is 6.57. The highest BCUT2D eigenvalue weighted by atomic mass is 79.9. The first-order valence-electron chi connectivity index (χ1n) is 4.17. The molecule has 0 fully saturated rings. The summed E-state index contributed by atoms with van der Waals surface area (Å²) < 4.78 is 1.10. The molecule has 1 N–H and O–H groups in total. The Morgan fingerprint density at radius 2 is 2.50 bits per heavy atom. The van der Waals surface area contributed by atoms with Crippen LogP contribution >= 0.6 is 39.0 Å². The number of amides is 1. The van der Waals surface area contributed by atoms with Crippen LogP contribution in [0.4, 0.5) is 0 Å². The van der Waals surface area contributed by atoms with E-state index in [0.29, 0.717) is 6.54 Å². The zero-order valence-electron chi connectivity index (χ0n) is 8.04. The van der Waals surface area contributed by atoms with Crippen LogP contribution in [0.25, 0.3) is 0 Å². The lowest BCUT2D eigenvalue weighted by Crippen LogP contribution is -2.30. The lowest BCUT2D eigenvalue weighted by molar-refractivity contribution is -0.120. The van der Waals surface area contributed by atoms with E-state index in [4.69, 9.17) is 0 Å². The topological polar surface area (TPSA) is 29.1 Å². The van der Waals surface area contributed by atoms with Gasteiger partial charge >= 0.3 is 0 Å². The standard InChI is InChI=1S/C9H12BrNOS2/c1-6(13-2)9(12)11-4-7-3-8(10)14-5-7/h3,5-6H,4H2,1-2H3,(H,11,12)/t6-/m1/s1. The number of carbonyl (C=O) groups is 1. The fourth-order valence-electron chi connectivity index (χ4n) is 0.878. The fourth-order valence-corrected chi connectivity index (χ4v) is 2.38. The molecule has 0 aliphatic carbocycles. The molecule has 0 aromatic carbocycles. The van der Waals surface area contributed by atoms with Crippen molar-refractivity contribution in [2.45, 2.75) is 18.7 Å². The summed E-state index contributed by atoms with van der Waals surface area (Å²) in [6.07, 6.45) is 1.94. The van der Waals surface area contributed by atoms with Crippen LogP contribution in [0.1, 0.15) is 12.5 Å². The highest BCUT2D eigenvalue weighted by Gasteiger charge is 2.10. The van der Waals surface area contributed by atoms with Gasteiger partial charge in [0.2, 0.25) is 5.91 Å². The number of hydrogen-bond acceptors (Lipinski definition) is 3. The van der Waals surface area contributed by atoms with Crippen LogP contribution in [0, 0.1) is 0 Å². The van der Waals surface area contributed by atoms with Crippen molar-refractivity contribution in [1.29, 1.82) is 0 Å². The number of hydrogen-bond donors (Lipinski definition) is 1. The highest BCUT2D eigenvalue weighted by molar-refractivity contribution is 9.11. The molecule has 0 saturated carbocycles. The zero-order valence-corrected chi connectivity index (χ0v) is 11.3. The van der Waals surface area contributed by atoms with Crippen LogP contribution in [0.15, 0.2) is 15.2 Å². The Balaban J connectivity index is 2.37. The number of thioether (sulfide) groups is 1. The van der Waals surface area contributed by atoms with E-state index in [1.54, 1.807) is 23.1 Å². The average Bonchev–Trinajstić information content (AvgIpc) is 2.59. The third-order valence-corrected chi connectivity index (χ3v) is 4.29. The minimum Gasteiger partial charge on any atom is -0.351 e. The summed E-state index contributed by atoms with van der Waals surface area (Å²) in [7, 11) is 0. The van der Waals surface area contributed by atoms with Crippen LogP contribution in [0.2, 0.25) is 0 Å². The summed E-state index contributed by atoms with van der Waals surface area (Å²) in [5, 5.41) is 4.95. The van der Waals surface area contributed by atoms with E-state index < -0.39 is 0 Å². The summed E-state index contributed by atoms with van der Waals surface area (Å²) in [4.78, 5) is 11.4. The first kappa shape index (κ1) is 12.1. The van der Waals surface area contributed by atoms with E-state index in [1.165, 1.54) is 0 Å². The van der Waals surface area contributed by atoms with Gasteiger partial charge in [0.1, 0.15) is 0 Å². The highest BCUT2D eigenvalue weighted by Crippen LogP contribution is 2.20. The molecule has 2 nitrogen and oxygen atoms in total. The normalized spacial score (nSPS) is 12.5. The van der Waals surface area contributed by atoms with E-state index in [1.807, 2.05) is 24.6 Å². The molecule has 1 atom stereocenters. The first-order chi connectivity index (χ1) is 6.63. The molecule has 0 unspecified atom stereocenters. The Bertz CT molecular complexity index is 314. The van der Waals surface area contributed by atoms with Crippen molar-refractivity contribution in [2.75, 3.05) is 6.26 Å². The average molecular weight is 294 g/mol. The molecule has 1 aromatic rings. The second-order valence-corrected chi connectivity index (χ2v) is 6.32. The smallest absolute Gasteiger partial charge is 0.233 e. The second-order valence-electron chi connectivity index (χ2n) is 2.85. The maximum Gasteiger partial charge on any atom is 0.233 e. The van der Waals surface area contributed by atoms with Gasteiger partial charge in [-0.05, 0) is 46.1 Å². The van der Waals surface area contributed by atoms with Crippen LogP contribution in [-0.2, 0) is 11.3 Å². The van der Waals surface area contributed by atoms with E-state index in [9.17, 15) is 4.79 Å². The van der Waals surface area contributed by atoms with Gasteiger partial charge in [-0.1, -0.05) is 0 Å². The molecule has 1 heterocycles. The lowest BCUT2D eigenvalue weighted by atomic mass is 10.3. The molecule has 14 heavy (non-hydrogen) atoms. The number of halogens is 1. The minimum absolute atomic E-state index is 0.0251. The van der Waals surface area contributed by atoms with Gasteiger partial charge in [-0.25, -0.2) is 0 Å². The molecule has 1 amide bonds. The second kappa shape index (κ2) is 5.78. The van der Waals surface area contributed by atoms with Gasteiger partial charge in [0.25, 0.3) is 0 Å². The Hall–Kier alpha value is -0.000000000000000111. The van der Waals surface area contributed by atoms with Gasteiger partial charge in [-0.2, -0.15) is 11.8 Å². The summed E-state index contributed by atoms with van der Waals surface area (Å²) in [5.74, 6) is 0.0971. The predicted octanol–water partition coefficient (Wildman–Crippen LogP) is 2.88. The molecule has 0 bridgehead atoms. The molecule has 0 saturated heterocycles. The third kappa shape index (κ3) is 3.63. The Morgan fingerprint density at radius 3 is 3.00 bits per heavy atom. The van der Waals surface area contributed by atoms with Gasteiger partial charge in [-0.3, -0.25) is 4.79 Å². The quantitative estimate of drug-likeness (QED) is 0.925. The van der Waals surface area contributed by atoms with Crippen LogP contribution < -0.4 is 5.32 Å². The largest absolute Gasteiger partial charge is 0.351 e. The Kier molecular flexibility index (Phi) is 4.98. The van der Waals surface area contributed by atoms with Gasteiger partial charge in [0.15, 0.2) is 0 Å². The monoisotopic (exact) mass is 293 g/mol. The molecule has 5 heteroatoms. The van der Waals surface area contributed by atoms with Crippen LogP contribution in [0.5, 0.6) is 0 Å². The summed E-state index contributed by atoms with van der Waals surface area (Å²) in [5.41, 5.74) is 1.14. The number of rotatable bonds is 4. The molecule has 0 aliphatic rings. The van der Waals surface area contributed by atoms with Crippen molar-refractivity contribution >= 4 is 44.9 Å². The SMILES string of the molecule is CS[C@H](C)C(=O)NCc1csc(Br)c1. The molecular formula is C9H12BrNOS2. The van der Waals surface area contributed by atoms with E-state index in [-0.39, 0.29) is 11.2 Å². The van der Waals surface area contributed by atoms with Gasteiger partial charge in [-0.15, -0.1) is 11.3 Å². The minimum atomic E-state index is 0.0251. The molecule has 0 radical (unpaired) electrons. The maximum atomic E-state index is 11.4. The van der Waals surface area contributed by atoms with Gasteiger partial charge < -0.3 is 5.32 Å². The Labute approximate surface area is 101 Å². The lowest BCUT2D eigenvalue weighted by Gasteiger charge is -2.08. The number of carbonyl (C=O) groups excluding carboxylic acids is 1. The van der Waals surface area contributed by atoms with Crippen LogP contribution in [-0.4, -0.2) is 17.4 Å². The number of nitrogens with one attached hydrogen (secondary N) is 1. The van der Waals surface area contributed by atoms with E-state index in [2.05, 4.69) is 21.2 Å². The van der Waals surface area contributed by atoms with Gasteiger partial charge in [0, 0.05) is 6.54 Å². The third-order valence-electron chi connectivity index (χ3n) is 1.81. The van der Waals surface area contributed by atoms with E-state index in [0.717, 1.165) is 9.35 Å². The summed E-state index contributed by atoms with van der Waals surface area (Å²) in [6, 6.07) is 2.02. The van der Waals surface area contributed by atoms with Crippen molar-refractivity contribution < 1.29 is 4.79 Å². The van der Waals surface area contributed by atoms with Gasteiger partial charge in [0.05, 0.1) is 9.04 Å². The van der Waals surface area contributed by atoms with E-state index >= 15 is 0 Å². The van der Waals surface area contributed by atoms with Crippen molar-refractivity contribution in [3.8, 4) is 0 Å². The predicted molar refractivity (Wildman–Crippen MR) is 66.8 cm³/mol. The fraction of sp³-hybridized carbons (Fsp3) is 0.444. The van der Waals surface area contributed by atoms with Crippen LogP contribution in [0.3, 0.4) is 0 Å². The van der Waals surface area contributed by atoms with Crippen molar-refractivity contribution in [1.82, 2.24) is 5.32 Å². The molecular weight excluding hydrogens is 282 g/mol. The molecule has 0 spiro atoms. The first-order valence-corrected chi connectivity index (χ1v) is 7.13. The Morgan fingerprint density at radius 1 is 1.79 bits per heavy atom. The van der Waals surface area contributed by atoms with Crippen molar-refractivity contribution in [2.24, 2.45) is 0 Å². The summed E-state index contributed by atoms with van der Waals surface area (Å²) in [6.45, 7) is 2.52. The van der Waals surface area contributed by atoms with Crippen molar-refractivity contribution in [3.05, 3.63) is 20.8 Å².